The highest BCUT2D eigenvalue weighted by atomic mass is 32.1. The molecule has 2 heteroatoms. The monoisotopic (exact) mass is 467 g/mol. The topological polar surface area (TPSA) is 12.0 Å². The lowest BCUT2D eigenvalue weighted by atomic mass is 9.82. The van der Waals surface area contributed by atoms with E-state index in [0.29, 0.717) is 0 Å². The molecule has 1 aliphatic rings. The number of fused-ring (bicyclic) bond motifs is 6. The number of thiophene rings is 1. The molecule has 6 aromatic rings. The Labute approximate surface area is 209 Å². The Morgan fingerprint density at radius 3 is 2.17 bits per heavy atom. The van der Waals surface area contributed by atoms with Crippen LogP contribution in [-0.4, -0.2) is 0 Å². The lowest BCUT2D eigenvalue weighted by molar-refractivity contribution is 0.660. The first kappa shape index (κ1) is 20.5. The molecule has 0 saturated heterocycles. The van der Waals surface area contributed by atoms with E-state index in [0.717, 1.165) is 0 Å². The molecule has 0 spiro atoms. The summed E-state index contributed by atoms with van der Waals surface area (Å²) in [5, 5.41) is 6.50. The number of benzene rings is 5. The predicted octanol–water partition coefficient (Wildman–Crippen LogP) is 9.77. The van der Waals surface area contributed by atoms with Crippen LogP contribution in [0.15, 0.2) is 109 Å². The van der Waals surface area contributed by atoms with E-state index in [4.69, 9.17) is 0 Å². The van der Waals surface area contributed by atoms with Crippen LogP contribution in [-0.2, 0) is 5.41 Å². The van der Waals surface area contributed by atoms with E-state index < -0.39 is 0 Å². The van der Waals surface area contributed by atoms with Crippen LogP contribution in [0.4, 0.5) is 11.4 Å². The van der Waals surface area contributed by atoms with Crippen LogP contribution < -0.4 is 5.32 Å². The molecule has 1 aromatic heterocycles. The van der Waals surface area contributed by atoms with Gasteiger partial charge in [-0.1, -0.05) is 105 Å². The summed E-state index contributed by atoms with van der Waals surface area (Å²) in [5.74, 6) is 0. The average Bonchev–Trinajstić information content (AvgIpc) is 3.39. The van der Waals surface area contributed by atoms with E-state index in [1.807, 2.05) is 11.3 Å². The summed E-state index contributed by atoms with van der Waals surface area (Å²) in [4.78, 5) is 0. The van der Waals surface area contributed by atoms with E-state index in [9.17, 15) is 0 Å². The van der Waals surface area contributed by atoms with Crippen LogP contribution in [0.25, 0.3) is 42.4 Å². The molecule has 35 heavy (non-hydrogen) atoms. The smallest absolute Gasteiger partial charge is 0.0590 e. The van der Waals surface area contributed by atoms with Crippen molar-refractivity contribution in [3.8, 4) is 22.3 Å². The van der Waals surface area contributed by atoms with Crippen LogP contribution in [0, 0.1) is 0 Å². The Kier molecular flexibility index (Phi) is 4.43. The Bertz CT molecular complexity index is 1740. The number of hydrogen-bond donors (Lipinski definition) is 1. The molecule has 0 unspecified atom stereocenters. The molecule has 1 N–H and O–H groups in total. The molecule has 0 aliphatic heterocycles. The molecule has 1 aliphatic carbocycles. The minimum atomic E-state index is -0.00216. The Balaban J connectivity index is 1.42. The molecule has 0 radical (unpaired) electrons. The maximum Gasteiger partial charge on any atom is 0.0590 e. The predicted molar refractivity (Wildman–Crippen MR) is 152 cm³/mol. The number of rotatable bonds is 3. The van der Waals surface area contributed by atoms with Crippen molar-refractivity contribution in [1.82, 2.24) is 0 Å². The highest BCUT2D eigenvalue weighted by Crippen LogP contribution is 2.52. The summed E-state index contributed by atoms with van der Waals surface area (Å²) in [6.45, 7) is 4.67. The van der Waals surface area contributed by atoms with Gasteiger partial charge in [-0.3, -0.25) is 0 Å². The first-order valence-electron chi connectivity index (χ1n) is 12.1. The van der Waals surface area contributed by atoms with Crippen LogP contribution in [0.1, 0.15) is 25.0 Å². The quantitative estimate of drug-likeness (QED) is 0.273. The highest BCUT2D eigenvalue weighted by molar-refractivity contribution is 7.26. The summed E-state index contributed by atoms with van der Waals surface area (Å²) in [5.41, 5.74) is 10.3. The van der Waals surface area contributed by atoms with Crippen LogP contribution >= 0.6 is 11.3 Å². The van der Waals surface area contributed by atoms with Gasteiger partial charge >= 0.3 is 0 Å². The molecule has 0 fully saturated rings. The van der Waals surface area contributed by atoms with Gasteiger partial charge in [0, 0.05) is 32.1 Å². The second kappa shape index (κ2) is 7.56. The van der Waals surface area contributed by atoms with Crippen LogP contribution in [0.3, 0.4) is 0 Å². The second-order valence-electron chi connectivity index (χ2n) is 9.85. The fourth-order valence-electron chi connectivity index (χ4n) is 5.81. The van der Waals surface area contributed by atoms with Crippen molar-refractivity contribution in [3.63, 3.8) is 0 Å². The fourth-order valence-corrected chi connectivity index (χ4v) is 7.01. The van der Waals surface area contributed by atoms with Gasteiger partial charge in [-0.25, -0.2) is 0 Å². The fraction of sp³-hybridized carbons (Fsp3) is 0.0909. The van der Waals surface area contributed by atoms with Gasteiger partial charge in [0.25, 0.3) is 0 Å². The Hall–Kier alpha value is -3.88. The van der Waals surface area contributed by atoms with Gasteiger partial charge in [-0.05, 0) is 46.0 Å². The summed E-state index contributed by atoms with van der Waals surface area (Å²) in [6.07, 6.45) is 0. The summed E-state index contributed by atoms with van der Waals surface area (Å²) < 4.78 is 2.62. The summed E-state index contributed by atoms with van der Waals surface area (Å²) in [6, 6.07) is 39.6. The summed E-state index contributed by atoms with van der Waals surface area (Å²) >= 11 is 1.87. The Morgan fingerprint density at radius 1 is 0.600 bits per heavy atom. The zero-order valence-electron chi connectivity index (χ0n) is 19.8. The van der Waals surface area contributed by atoms with Gasteiger partial charge in [0.05, 0.1) is 10.4 Å². The van der Waals surface area contributed by atoms with Crippen LogP contribution in [0.2, 0.25) is 0 Å². The highest BCUT2D eigenvalue weighted by Gasteiger charge is 2.36. The van der Waals surface area contributed by atoms with Crippen molar-refractivity contribution >= 4 is 42.9 Å². The molecule has 0 amide bonds. The molecule has 5 aromatic carbocycles. The van der Waals surface area contributed by atoms with Gasteiger partial charge in [0.2, 0.25) is 0 Å². The molecule has 1 heterocycles. The maximum absolute atomic E-state index is 3.86. The third-order valence-corrected chi connectivity index (χ3v) is 8.69. The average molecular weight is 468 g/mol. The first-order valence-corrected chi connectivity index (χ1v) is 12.9. The van der Waals surface area contributed by atoms with Crippen molar-refractivity contribution in [2.45, 2.75) is 19.3 Å². The van der Waals surface area contributed by atoms with Gasteiger partial charge in [-0.15, -0.1) is 11.3 Å². The van der Waals surface area contributed by atoms with E-state index in [-0.39, 0.29) is 5.41 Å². The van der Waals surface area contributed by atoms with Gasteiger partial charge in [0.15, 0.2) is 0 Å². The minimum Gasteiger partial charge on any atom is -0.354 e. The number of nitrogens with one attached hydrogen (secondary N) is 1. The number of hydrogen-bond acceptors (Lipinski definition) is 2. The van der Waals surface area contributed by atoms with E-state index in [1.54, 1.807) is 0 Å². The molecule has 0 atom stereocenters. The molecule has 0 bridgehead atoms. The SMILES string of the molecule is CC1(C)c2ccccc2-c2c(Nc3cccc4c3sc3cccc(-c5ccccc5)c34)cccc21. The largest absolute Gasteiger partial charge is 0.354 e. The standard InChI is InChI=1S/C33H25NS/c1-33(2)25-16-7-6-13-23(25)31-26(33)17-10-18-27(31)34-28-19-8-15-24-30-22(21-11-4-3-5-12-21)14-9-20-29(30)35-32(24)28/h3-20,34H,1-2H3. The van der Waals surface area contributed by atoms with E-state index in [1.165, 1.54) is 64.9 Å². The maximum atomic E-state index is 3.86. The first-order chi connectivity index (χ1) is 17.1. The molecule has 7 rings (SSSR count). The zero-order chi connectivity index (χ0) is 23.6. The van der Waals surface area contributed by atoms with Crippen molar-refractivity contribution < 1.29 is 0 Å². The molecular weight excluding hydrogens is 442 g/mol. The lowest BCUT2D eigenvalue weighted by Gasteiger charge is -2.21. The van der Waals surface area contributed by atoms with E-state index in [2.05, 4.69) is 128 Å². The van der Waals surface area contributed by atoms with Crippen molar-refractivity contribution in [1.29, 1.82) is 0 Å². The lowest BCUT2D eigenvalue weighted by Crippen LogP contribution is -2.14. The molecule has 1 nitrogen and oxygen atoms in total. The zero-order valence-corrected chi connectivity index (χ0v) is 20.6. The van der Waals surface area contributed by atoms with Gasteiger partial charge < -0.3 is 5.32 Å². The van der Waals surface area contributed by atoms with Gasteiger partial charge in [-0.2, -0.15) is 0 Å². The number of anilines is 2. The summed E-state index contributed by atoms with van der Waals surface area (Å²) in [7, 11) is 0. The van der Waals surface area contributed by atoms with Crippen molar-refractivity contribution in [2.24, 2.45) is 0 Å². The van der Waals surface area contributed by atoms with Crippen molar-refractivity contribution in [2.75, 3.05) is 5.32 Å². The minimum absolute atomic E-state index is 0.00216. The molecule has 168 valence electrons. The van der Waals surface area contributed by atoms with Crippen molar-refractivity contribution in [3.05, 3.63) is 120 Å². The van der Waals surface area contributed by atoms with E-state index >= 15 is 0 Å². The normalized spacial score (nSPS) is 13.7. The Morgan fingerprint density at radius 2 is 1.29 bits per heavy atom. The third-order valence-electron chi connectivity index (χ3n) is 7.48. The molecule has 0 saturated carbocycles. The second-order valence-corrected chi connectivity index (χ2v) is 10.9. The molecular formula is C33H25NS. The van der Waals surface area contributed by atoms with Crippen LogP contribution in [0.5, 0.6) is 0 Å². The van der Waals surface area contributed by atoms with Gasteiger partial charge in [0.1, 0.15) is 0 Å². The third kappa shape index (κ3) is 3.00.